The lowest BCUT2D eigenvalue weighted by atomic mass is 9.95. The van der Waals surface area contributed by atoms with E-state index in [1.165, 1.54) is 18.7 Å². The number of carbonyl (C=O) groups excluding carboxylic acids is 19. The van der Waals surface area contributed by atoms with Gasteiger partial charge in [0.05, 0.1) is 77.1 Å². The van der Waals surface area contributed by atoms with E-state index in [0.29, 0.717) is 5.75 Å². The Balaban J connectivity index is 2.04. The summed E-state index contributed by atoms with van der Waals surface area (Å²) in [5, 5.41) is 160. The second-order valence-corrected chi connectivity index (χ2v) is 29.4. The number of nitrogens with one attached hydrogen (secondary N) is 16. The summed E-state index contributed by atoms with van der Waals surface area (Å²) in [5.41, 5.74) is 10.7. The molecule has 0 saturated carbocycles. The SMILES string of the molecule is CC(=O)NCSCCNC(=O)[C@H](CO)NC(=O)[C@@H]1CCCN1C(=O)[C@H](CO)NC(=O)[C@H](CO)NC(=O)[C@@H](NC(=O)[C@H](CCC(N)=O)NC(=O)[C@H](CO)NC(=O)[C@@H](NC(=O)[C@H](CC(=O)O)NC(=O)[C@H](CC(=O)N[C@@H]1O[C@H](CO)[C@@H](O)[C@H](O)[C@H]1NC(C)=O)NC(=O)[C@H](CCC(N)=O)NC(=O)CNC(C)=O)[C@@H](C)O)[C@@H](C)O[C@@H]1O[C@H](CO)[C@H](O)[C@H](O)[C@H]1NC(C)=O. The smallest absolute Gasteiger partial charge is 0.305 e. The van der Waals surface area contributed by atoms with Crippen LogP contribution in [0.5, 0.6) is 0 Å². The Morgan fingerprint density at radius 2 is 0.911 bits per heavy atom. The molecule has 3 rings (SSSR count). The Morgan fingerprint density at radius 1 is 0.472 bits per heavy atom. The third-order valence-corrected chi connectivity index (χ3v) is 19.4. The van der Waals surface area contributed by atoms with Crippen molar-refractivity contribution in [2.24, 2.45) is 11.5 Å². The summed E-state index contributed by atoms with van der Waals surface area (Å²) in [7, 11) is 0. The van der Waals surface area contributed by atoms with E-state index in [0.717, 1.165) is 39.5 Å². The second kappa shape index (κ2) is 52.6. The average Bonchev–Trinajstić information content (AvgIpc) is 1.49. The maximum atomic E-state index is 14.7. The molecule has 3 aliphatic rings. The number of thioether (sulfide) groups is 1. The van der Waals surface area contributed by atoms with Gasteiger partial charge in [0.1, 0.15) is 115 Å². The van der Waals surface area contributed by atoms with E-state index in [2.05, 4.69) is 69.1 Å². The number of aliphatic carboxylic acids is 1. The third kappa shape index (κ3) is 34.8. The van der Waals surface area contributed by atoms with E-state index in [1.54, 1.807) is 0 Å². The van der Waals surface area contributed by atoms with Crippen LogP contribution in [0.1, 0.15) is 92.9 Å². The van der Waals surface area contributed by atoms with Crippen molar-refractivity contribution in [2.45, 2.75) is 233 Å². The summed E-state index contributed by atoms with van der Waals surface area (Å²) >= 11 is 1.24. The van der Waals surface area contributed by atoms with Gasteiger partial charge in [-0.2, -0.15) is 0 Å². The number of hydrogen-bond donors (Lipinski definition) is 30. The number of rotatable bonds is 51. The molecule has 23 atom stereocenters. The predicted octanol–water partition coefficient (Wildman–Crippen LogP) is -18.9. The number of hydrogen-bond acceptors (Lipinski definition) is 35. The normalized spacial score (nSPS) is 22.7. The molecule has 3 heterocycles. The van der Waals surface area contributed by atoms with Crippen LogP contribution in [0.4, 0.5) is 0 Å². The van der Waals surface area contributed by atoms with Gasteiger partial charge in [-0.25, -0.2) is 0 Å². The van der Waals surface area contributed by atoms with Crippen LogP contribution in [0.3, 0.4) is 0 Å². The van der Waals surface area contributed by atoms with Crippen LogP contribution in [-0.4, -0.2) is 395 Å². The molecule has 55 heteroatoms. The van der Waals surface area contributed by atoms with Crippen molar-refractivity contribution in [3.8, 4) is 0 Å². The number of primary amides is 2. The van der Waals surface area contributed by atoms with Gasteiger partial charge in [-0.05, 0) is 39.5 Å². The summed E-state index contributed by atoms with van der Waals surface area (Å²) in [4.78, 5) is 267. The highest BCUT2D eigenvalue weighted by Crippen LogP contribution is 2.26. The van der Waals surface area contributed by atoms with Gasteiger partial charge in [0.2, 0.25) is 112 Å². The highest BCUT2D eigenvalue weighted by molar-refractivity contribution is 7.99. The van der Waals surface area contributed by atoms with Crippen molar-refractivity contribution >= 4 is 130 Å². The molecule has 0 bridgehead atoms. The summed E-state index contributed by atoms with van der Waals surface area (Å²) < 4.78 is 17.1. The molecule has 0 aromatic heterocycles. The Bertz CT molecular complexity index is 3730. The molecule has 123 heavy (non-hydrogen) atoms. The van der Waals surface area contributed by atoms with Gasteiger partial charge in [-0.3, -0.25) is 95.9 Å². The number of likely N-dealkylation sites (tertiary alicyclic amines) is 1. The van der Waals surface area contributed by atoms with Gasteiger partial charge in [-0.15, -0.1) is 11.8 Å². The zero-order chi connectivity index (χ0) is 93.0. The number of ether oxygens (including phenoxy) is 3. The van der Waals surface area contributed by atoms with E-state index in [-0.39, 0.29) is 37.7 Å². The average molecular weight is 1790 g/mol. The van der Waals surface area contributed by atoms with Gasteiger partial charge in [0.25, 0.3) is 0 Å². The molecule has 3 saturated heterocycles. The lowest BCUT2D eigenvalue weighted by molar-refractivity contribution is -0.281. The molecular weight excluding hydrogens is 1670 g/mol. The fourth-order valence-electron chi connectivity index (χ4n) is 12.1. The minimum Gasteiger partial charge on any atom is -0.481 e. The van der Waals surface area contributed by atoms with E-state index in [4.69, 9.17) is 25.7 Å². The Kier molecular flexibility index (Phi) is 45.5. The second-order valence-electron chi connectivity index (χ2n) is 28.3. The summed E-state index contributed by atoms with van der Waals surface area (Å²) in [5.74, 6) is -24.3. The van der Waals surface area contributed by atoms with Gasteiger partial charge in [0.15, 0.2) is 12.5 Å². The largest absolute Gasteiger partial charge is 0.481 e. The first-order valence-electron chi connectivity index (χ1n) is 38.1. The number of carbonyl (C=O) groups is 20. The van der Waals surface area contributed by atoms with Gasteiger partial charge in [0, 0.05) is 59.4 Å². The molecule has 19 amide bonds. The molecule has 0 spiro atoms. The van der Waals surface area contributed by atoms with Crippen LogP contribution in [-0.2, 0) is 110 Å². The highest BCUT2D eigenvalue weighted by Gasteiger charge is 2.50. The molecule has 0 aromatic rings. The van der Waals surface area contributed by atoms with Crippen LogP contribution in [0, 0.1) is 0 Å². The maximum absolute atomic E-state index is 14.7. The highest BCUT2D eigenvalue weighted by atomic mass is 32.2. The van der Waals surface area contributed by atoms with Crippen molar-refractivity contribution in [3.63, 3.8) is 0 Å². The standard InChI is InChI=1S/C68H111N19O35S/c1-26(94)48(85-60(113)35(17-47(103)104)79-59(112)34(78-57(110)32(9-11-43(69)99)76-46(102)18-72-28(3)95)16-45(101)84-66-50(74-30(5)97)54(107)52(105)41(23-92)121-66)64(117)81-37(20-89)61(114)77-33(10-12-44(70)100)58(111)86-49(27(2)120-68-51(75-31(6)98)55(108)53(106)42(24-93)122-68)65(118)82-38(21-90)62(115)83-39(22-91)67(119)87-14-7-8-40(87)63(116)80-36(19-88)56(109)71-13-15-123-25-73-29(4)96/h26-27,32-42,48-55,66,68,88-94,105-108H,7-25H2,1-6H3,(H2,69,99)(H2,70,100)(H,71,109)(H,72,95)(H,73,96)(H,74,97)(H,75,98)(H,76,102)(H,77,114)(H,78,110)(H,79,112)(H,80,116)(H,81,117)(H,82,118)(H,83,115)(H,84,101)(H,85,113)(H,86,111)(H,103,104)/t26-,27-,32+,33+,34+,35+,36+,37+,38+,39+,40+,41-,42-,48+,49+,50-,51-,52-,53+,54-,55-,66-,68-/m1/s1. The number of amides is 19. The number of carboxylic acid groups (broad SMARTS) is 1. The predicted molar refractivity (Wildman–Crippen MR) is 410 cm³/mol. The van der Waals surface area contributed by atoms with E-state index in [9.17, 15) is 157 Å². The number of carboxylic acids is 1. The fraction of sp³-hybridized carbons (Fsp3) is 0.706. The van der Waals surface area contributed by atoms with Crippen molar-refractivity contribution in [1.82, 2.24) is 90.0 Å². The first-order chi connectivity index (χ1) is 57.8. The first kappa shape index (κ1) is 106. The molecule has 0 radical (unpaired) electrons. The molecule has 54 nitrogen and oxygen atoms in total. The molecule has 0 unspecified atom stereocenters. The molecular formula is C68H111N19O35S. The van der Waals surface area contributed by atoms with Crippen LogP contribution in [0.25, 0.3) is 0 Å². The molecule has 3 fully saturated rings. The van der Waals surface area contributed by atoms with Crippen LogP contribution in [0.2, 0.25) is 0 Å². The summed E-state index contributed by atoms with van der Waals surface area (Å²) in [6.45, 7) is -1.86. The van der Waals surface area contributed by atoms with E-state index >= 15 is 0 Å². The van der Waals surface area contributed by atoms with Gasteiger partial charge >= 0.3 is 5.97 Å². The molecule has 694 valence electrons. The fourth-order valence-corrected chi connectivity index (χ4v) is 12.8. The minimum atomic E-state index is -2.45. The molecule has 32 N–H and O–H groups in total. The van der Waals surface area contributed by atoms with Crippen LogP contribution < -0.4 is 96.5 Å². The maximum Gasteiger partial charge on any atom is 0.305 e. The van der Waals surface area contributed by atoms with Crippen LogP contribution in [0.15, 0.2) is 0 Å². The molecule has 0 aliphatic carbocycles. The Morgan fingerprint density at radius 3 is 1.41 bits per heavy atom. The van der Waals surface area contributed by atoms with Crippen molar-refractivity contribution in [3.05, 3.63) is 0 Å². The number of aliphatic hydroxyl groups excluding tert-OH is 11. The lowest BCUT2D eigenvalue weighted by Crippen LogP contribution is -2.68. The monoisotopic (exact) mass is 1790 g/mol. The topological polar surface area (TPSA) is 860 Å². The minimum absolute atomic E-state index is 0.0380. The van der Waals surface area contributed by atoms with Crippen molar-refractivity contribution in [1.29, 1.82) is 0 Å². The molecule has 3 aliphatic heterocycles. The summed E-state index contributed by atoms with van der Waals surface area (Å²) in [6, 6.07) is -26.4. The van der Waals surface area contributed by atoms with E-state index in [1.807, 2.05) is 16.0 Å². The number of aliphatic hydroxyl groups is 11. The zero-order valence-electron chi connectivity index (χ0n) is 67.5. The Labute approximate surface area is 704 Å². The quantitative estimate of drug-likeness (QED) is 0.0199. The van der Waals surface area contributed by atoms with E-state index < -0.39 is 337 Å². The Hall–Kier alpha value is -10.8. The summed E-state index contributed by atoms with van der Waals surface area (Å²) in [6.07, 6.45) is -24.8. The van der Waals surface area contributed by atoms with Crippen LogP contribution >= 0.6 is 11.8 Å². The number of nitrogens with zero attached hydrogens (tertiary/aromatic N) is 1. The van der Waals surface area contributed by atoms with Crippen molar-refractivity contribution in [2.75, 3.05) is 70.9 Å². The van der Waals surface area contributed by atoms with Gasteiger partial charge in [-0.1, -0.05) is 0 Å². The molecule has 0 aromatic carbocycles. The zero-order valence-corrected chi connectivity index (χ0v) is 68.3. The number of nitrogens with two attached hydrogens (primary N) is 2. The first-order valence-corrected chi connectivity index (χ1v) is 39.3. The third-order valence-electron chi connectivity index (χ3n) is 18.5. The van der Waals surface area contributed by atoms with Crippen molar-refractivity contribution < 1.29 is 171 Å². The lowest BCUT2D eigenvalue weighted by Gasteiger charge is -2.43. The van der Waals surface area contributed by atoms with Gasteiger partial charge < -0.3 is 177 Å².